The number of hydrogen-bond donors (Lipinski definition) is 1. The van der Waals surface area contributed by atoms with Crippen LogP contribution in [-0.2, 0) is 9.53 Å². The van der Waals surface area contributed by atoms with Gasteiger partial charge in [-0.1, -0.05) is 29.8 Å². The van der Waals surface area contributed by atoms with E-state index in [1.165, 1.54) is 0 Å². The molecule has 2 heterocycles. The molecule has 214 valence electrons. The van der Waals surface area contributed by atoms with E-state index >= 15 is 0 Å². The molecule has 2 unspecified atom stereocenters. The number of benzene rings is 2. The Kier molecular flexibility index (Phi) is 9.14. The molecule has 2 aliphatic heterocycles. The Bertz CT molecular complexity index is 1310. The topological polar surface area (TPSA) is 91.4 Å². The molecule has 0 saturated carbocycles. The number of esters is 1. The number of hydrogen-bond acceptors (Lipinski definition) is 6. The van der Waals surface area contributed by atoms with Crippen molar-refractivity contribution in [3.63, 3.8) is 0 Å². The van der Waals surface area contributed by atoms with Crippen LogP contribution in [0.5, 0.6) is 5.75 Å². The number of aryl methyl sites for hydroxylation is 2. The van der Waals surface area contributed by atoms with E-state index in [9.17, 15) is 14.4 Å². The molecule has 0 aliphatic carbocycles. The summed E-state index contributed by atoms with van der Waals surface area (Å²) in [7, 11) is 1.58. The zero-order valence-corrected chi connectivity index (χ0v) is 24.3. The first-order valence-electron chi connectivity index (χ1n) is 13.9. The van der Waals surface area contributed by atoms with E-state index in [0.717, 1.165) is 16.7 Å². The van der Waals surface area contributed by atoms with Gasteiger partial charge in [-0.15, -0.1) is 0 Å². The first-order chi connectivity index (χ1) is 19.2. The van der Waals surface area contributed by atoms with Crippen LogP contribution in [0.15, 0.2) is 53.7 Å². The molecule has 40 heavy (non-hydrogen) atoms. The summed E-state index contributed by atoms with van der Waals surface area (Å²) in [5, 5.41) is 3.06. The number of likely N-dealkylation sites (N-methyl/N-ethyl adjacent to an activating group) is 1. The molecule has 0 bridgehead atoms. The average molecular weight is 549 g/mol. The van der Waals surface area contributed by atoms with Gasteiger partial charge in [0.25, 0.3) is 5.91 Å². The van der Waals surface area contributed by atoms with Crippen molar-refractivity contribution < 1.29 is 23.9 Å². The number of urea groups is 1. The van der Waals surface area contributed by atoms with E-state index < -0.39 is 12.0 Å². The minimum Gasteiger partial charge on any atom is -0.497 e. The predicted molar refractivity (Wildman–Crippen MR) is 153 cm³/mol. The Hall–Kier alpha value is -3.85. The van der Waals surface area contributed by atoms with Gasteiger partial charge in [0.05, 0.1) is 25.3 Å². The number of amides is 3. The third kappa shape index (κ3) is 5.99. The third-order valence-corrected chi connectivity index (χ3v) is 7.66. The summed E-state index contributed by atoms with van der Waals surface area (Å²) in [6.07, 6.45) is 0. The van der Waals surface area contributed by atoms with Crippen LogP contribution >= 0.6 is 0 Å². The van der Waals surface area contributed by atoms with E-state index in [1.807, 2.05) is 62.9 Å². The molecule has 2 aromatic rings. The number of ether oxygens (including phenoxy) is 2. The van der Waals surface area contributed by atoms with Crippen LogP contribution in [-0.4, -0.2) is 85.1 Å². The number of methoxy groups -OCH3 is 1. The Morgan fingerprint density at radius 2 is 1.85 bits per heavy atom. The van der Waals surface area contributed by atoms with Crippen LogP contribution in [0.2, 0.25) is 0 Å². The number of rotatable bonds is 8. The number of carbonyl (C=O) groups excluding carboxylic acids is 3. The van der Waals surface area contributed by atoms with Gasteiger partial charge in [0.2, 0.25) is 0 Å². The van der Waals surface area contributed by atoms with E-state index in [4.69, 9.17) is 9.47 Å². The summed E-state index contributed by atoms with van der Waals surface area (Å²) in [6.45, 7) is 12.4. The SMILES string of the molecule is CCOC(=O)C1=C(CN2CCN(C(=O)c3cccc(OC)c3)C(C)C2)N(CC)C(=O)NC1c1cc(C)ccc1C. The van der Waals surface area contributed by atoms with Gasteiger partial charge in [-0.2, -0.15) is 0 Å². The van der Waals surface area contributed by atoms with Gasteiger partial charge < -0.3 is 19.7 Å². The molecule has 0 radical (unpaired) electrons. The molecule has 4 rings (SSSR count). The van der Waals surface area contributed by atoms with Gasteiger partial charge >= 0.3 is 12.0 Å². The number of nitrogens with zero attached hydrogens (tertiary/aromatic N) is 3. The van der Waals surface area contributed by atoms with Crippen molar-refractivity contribution >= 4 is 17.9 Å². The van der Waals surface area contributed by atoms with Crippen molar-refractivity contribution in [3.05, 3.63) is 76.0 Å². The van der Waals surface area contributed by atoms with Crippen LogP contribution in [0.4, 0.5) is 4.79 Å². The zero-order chi connectivity index (χ0) is 29.0. The fourth-order valence-electron chi connectivity index (χ4n) is 5.57. The number of carbonyl (C=O) groups is 3. The van der Waals surface area contributed by atoms with Crippen molar-refractivity contribution in [2.75, 3.05) is 46.4 Å². The lowest BCUT2D eigenvalue weighted by molar-refractivity contribution is -0.139. The fraction of sp³-hybridized carbons (Fsp3) is 0.452. The predicted octanol–water partition coefficient (Wildman–Crippen LogP) is 4.06. The van der Waals surface area contributed by atoms with Crippen LogP contribution in [0.3, 0.4) is 0 Å². The number of nitrogens with one attached hydrogen (secondary N) is 1. The van der Waals surface area contributed by atoms with E-state index in [0.29, 0.717) is 55.3 Å². The van der Waals surface area contributed by atoms with Gasteiger partial charge in [0.15, 0.2) is 0 Å². The maximum Gasteiger partial charge on any atom is 0.338 e. The molecular weight excluding hydrogens is 508 g/mol. The van der Waals surface area contributed by atoms with Gasteiger partial charge in [-0.3, -0.25) is 14.6 Å². The minimum absolute atomic E-state index is 0.0420. The highest BCUT2D eigenvalue weighted by Crippen LogP contribution is 2.34. The second-order valence-electron chi connectivity index (χ2n) is 10.4. The molecule has 2 atom stereocenters. The van der Waals surface area contributed by atoms with E-state index in [2.05, 4.69) is 10.2 Å². The molecule has 1 saturated heterocycles. The highest BCUT2D eigenvalue weighted by molar-refractivity contribution is 5.96. The molecule has 3 amide bonds. The molecule has 2 aliphatic rings. The number of piperazine rings is 1. The highest BCUT2D eigenvalue weighted by atomic mass is 16.5. The van der Waals surface area contributed by atoms with Crippen molar-refractivity contribution in [2.45, 2.75) is 46.7 Å². The highest BCUT2D eigenvalue weighted by Gasteiger charge is 2.39. The van der Waals surface area contributed by atoms with Crippen molar-refractivity contribution in [1.82, 2.24) is 20.0 Å². The molecule has 1 N–H and O–H groups in total. The molecule has 9 nitrogen and oxygen atoms in total. The van der Waals surface area contributed by atoms with Gasteiger partial charge in [0, 0.05) is 50.0 Å². The monoisotopic (exact) mass is 548 g/mol. The Morgan fingerprint density at radius 3 is 2.52 bits per heavy atom. The standard InChI is InChI=1S/C31H40N4O5/c1-7-34-26(19-33-14-15-35(22(5)18-33)29(36)23-10-9-11-24(17-23)39-6)27(30(37)40-8-2)28(32-31(34)38)25-16-20(3)12-13-21(25)4/h9-13,16-17,22,28H,7-8,14-15,18-19H2,1-6H3,(H,32,38). The normalized spacial score (nSPS) is 19.9. The summed E-state index contributed by atoms with van der Waals surface area (Å²) >= 11 is 0. The van der Waals surface area contributed by atoms with E-state index in [-0.39, 0.29) is 24.6 Å². The molecule has 1 fully saturated rings. The summed E-state index contributed by atoms with van der Waals surface area (Å²) in [5.74, 6) is 0.172. The third-order valence-electron chi connectivity index (χ3n) is 7.66. The Morgan fingerprint density at radius 1 is 1.07 bits per heavy atom. The summed E-state index contributed by atoms with van der Waals surface area (Å²) in [4.78, 5) is 45.8. The van der Waals surface area contributed by atoms with Crippen LogP contribution in [0, 0.1) is 13.8 Å². The largest absolute Gasteiger partial charge is 0.497 e. The van der Waals surface area contributed by atoms with Crippen LogP contribution in [0.1, 0.15) is 53.9 Å². The summed E-state index contributed by atoms with van der Waals surface area (Å²) in [6, 6.07) is 12.3. The van der Waals surface area contributed by atoms with Gasteiger partial charge in [0.1, 0.15) is 5.75 Å². The smallest absolute Gasteiger partial charge is 0.338 e. The lowest BCUT2D eigenvalue weighted by atomic mass is 9.90. The Balaban J connectivity index is 1.64. The van der Waals surface area contributed by atoms with Crippen molar-refractivity contribution in [3.8, 4) is 5.75 Å². The lowest BCUT2D eigenvalue weighted by Crippen LogP contribution is -2.56. The van der Waals surface area contributed by atoms with Crippen LogP contribution in [0.25, 0.3) is 0 Å². The quantitative estimate of drug-likeness (QED) is 0.501. The second kappa shape index (κ2) is 12.6. The molecule has 0 spiro atoms. The lowest BCUT2D eigenvalue weighted by Gasteiger charge is -2.43. The maximum absolute atomic E-state index is 13.5. The summed E-state index contributed by atoms with van der Waals surface area (Å²) < 4.78 is 10.8. The average Bonchev–Trinajstić information content (AvgIpc) is 2.94. The first kappa shape index (κ1) is 29.1. The zero-order valence-electron chi connectivity index (χ0n) is 24.3. The van der Waals surface area contributed by atoms with E-state index in [1.54, 1.807) is 31.1 Å². The molecule has 9 heteroatoms. The molecule has 2 aromatic carbocycles. The second-order valence-corrected chi connectivity index (χ2v) is 10.4. The maximum atomic E-state index is 13.5. The minimum atomic E-state index is -0.613. The van der Waals surface area contributed by atoms with Gasteiger partial charge in [-0.05, 0) is 63.9 Å². The Labute approximate surface area is 236 Å². The van der Waals surface area contributed by atoms with Crippen molar-refractivity contribution in [1.29, 1.82) is 0 Å². The fourth-order valence-corrected chi connectivity index (χ4v) is 5.57. The van der Waals surface area contributed by atoms with Crippen molar-refractivity contribution in [2.24, 2.45) is 0 Å². The first-order valence-corrected chi connectivity index (χ1v) is 13.9. The molecule has 0 aromatic heterocycles. The van der Waals surface area contributed by atoms with Crippen LogP contribution < -0.4 is 10.1 Å². The summed E-state index contributed by atoms with van der Waals surface area (Å²) in [5.41, 5.74) is 4.61. The van der Waals surface area contributed by atoms with Gasteiger partial charge in [-0.25, -0.2) is 9.59 Å². The molecular formula is C31H40N4O5.